The molecule has 0 unspecified atom stereocenters. The monoisotopic (exact) mass is 403 g/mol. The van der Waals surface area contributed by atoms with Gasteiger partial charge in [-0.05, 0) is 42.3 Å². The molecule has 4 rings (SSSR count). The van der Waals surface area contributed by atoms with E-state index in [0.29, 0.717) is 35.7 Å². The van der Waals surface area contributed by atoms with Crippen LogP contribution in [0.25, 0.3) is 22.7 Å². The molecular formula is C21H21N7O2. The van der Waals surface area contributed by atoms with Crippen LogP contribution in [0.3, 0.4) is 0 Å². The molecule has 0 fully saturated rings. The van der Waals surface area contributed by atoms with Crippen LogP contribution in [0.4, 0.5) is 0 Å². The Hall–Kier alpha value is -4.14. The van der Waals surface area contributed by atoms with Gasteiger partial charge in [-0.1, -0.05) is 12.1 Å². The number of H-pyrrole nitrogens is 1. The molecule has 0 spiro atoms. The first-order valence-corrected chi connectivity index (χ1v) is 9.40. The Morgan fingerprint density at radius 3 is 2.80 bits per heavy atom. The summed E-state index contributed by atoms with van der Waals surface area (Å²) < 4.78 is 1.72. The van der Waals surface area contributed by atoms with Crippen molar-refractivity contribution in [2.45, 2.75) is 13.0 Å². The van der Waals surface area contributed by atoms with E-state index in [0.717, 1.165) is 11.1 Å². The van der Waals surface area contributed by atoms with Crippen LogP contribution >= 0.6 is 0 Å². The number of nitrogens with one attached hydrogen (secondary N) is 3. The summed E-state index contributed by atoms with van der Waals surface area (Å²) in [5, 5.41) is 19.8. The highest BCUT2D eigenvalue weighted by molar-refractivity contribution is 5.98. The Labute approximate surface area is 172 Å². The van der Waals surface area contributed by atoms with E-state index in [4.69, 9.17) is 11.1 Å². The standard InChI is InChI=1S/C21H21N7O2/c22-19(23)14-3-6-16-17(11-14)27-20(26-16)21-25-9-10-28(21)12-18(30)24-8-7-13-1-4-15(29)5-2-13/h1-6,9-11,29H,7-8,12H2,(H3,22,23)(H,24,30)(H,26,27). The second-order valence-corrected chi connectivity index (χ2v) is 6.88. The molecule has 4 aromatic rings. The summed E-state index contributed by atoms with van der Waals surface area (Å²) in [7, 11) is 0. The van der Waals surface area contributed by atoms with Gasteiger partial charge in [0, 0.05) is 24.5 Å². The molecule has 0 saturated carbocycles. The van der Waals surface area contributed by atoms with Gasteiger partial charge in [0.1, 0.15) is 18.1 Å². The van der Waals surface area contributed by atoms with Crippen LogP contribution in [0.1, 0.15) is 11.1 Å². The third-order valence-electron chi connectivity index (χ3n) is 4.71. The largest absolute Gasteiger partial charge is 0.508 e. The predicted molar refractivity (Wildman–Crippen MR) is 113 cm³/mol. The van der Waals surface area contributed by atoms with E-state index >= 15 is 0 Å². The number of fused-ring (bicyclic) bond motifs is 1. The van der Waals surface area contributed by atoms with Crippen LogP contribution in [-0.2, 0) is 17.8 Å². The minimum Gasteiger partial charge on any atom is -0.508 e. The second kappa shape index (κ2) is 8.08. The molecule has 0 radical (unpaired) electrons. The number of nitrogens with two attached hydrogens (primary N) is 1. The first-order chi connectivity index (χ1) is 14.5. The third-order valence-corrected chi connectivity index (χ3v) is 4.71. The SMILES string of the molecule is N=C(N)c1ccc2[nH]c(-c3nccn3CC(=O)NCCc3ccc(O)cc3)nc2c1. The van der Waals surface area contributed by atoms with Gasteiger partial charge in [0.05, 0.1) is 11.0 Å². The number of imidazole rings is 2. The number of aromatic hydroxyl groups is 1. The highest BCUT2D eigenvalue weighted by atomic mass is 16.3. The van der Waals surface area contributed by atoms with E-state index in [1.54, 1.807) is 41.2 Å². The Kier molecular flexibility index (Phi) is 5.17. The molecule has 0 bridgehead atoms. The van der Waals surface area contributed by atoms with Crippen LogP contribution in [0, 0.1) is 5.41 Å². The number of nitrogens with zero attached hydrogens (tertiary/aromatic N) is 3. The molecule has 2 heterocycles. The highest BCUT2D eigenvalue weighted by Crippen LogP contribution is 2.20. The number of phenols is 1. The zero-order chi connectivity index (χ0) is 21.1. The number of amidine groups is 1. The predicted octanol–water partition coefficient (Wildman–Crippen LogP) is 1.77. The van der Waals surface area contributed by atoms with Crippen LogP contribution < -0.4 is 11.1 Å². The van der Waals surface area contributed by atoms with Gasteiger partial charge in [0.2, 0.25) is 5.91 Å². The molecule has 1 amide bonds. The molecule has 30 heavy (non-hydrogen) atoms. The lowest BCUT2D eigenvalue weighted by atomic mass is 10.1. The van der Waals surface area contributed by atoms with Crippen molar-refractivity contribution in [2.75, 3.05) is 6.54 Å². The molecule has 0 atom stereocenters. The maximum absolute atomic E-state index is 12.4. The summed E-state index contributed by atoms with van der Waals surface area (Å²) >= 11 is 0. The van der Waals surface area contributed by atoms with Crippen molar-refractivity contribution in [1.82, 2.24) is 24.8 Å². The number of carbonyl (C=O) groups is 1. The summed E-state index contributed by atoms with van der Waals surface area (Å²) in [5.74, 6) is 1.14. The number of aromatic nitrogens is 4. The molecule has 9 nitrogen and oxygen atoms in total. The summed E-state index contributed by atoms with van der Waals surface area (Å²) in [6.45, 7) is 0.604. The van der Waals surface area contributed by atoms with Crippen molar-refractivity contribution in [2.24, 2.45) is 5.73 Å². The van der Waals surface area contributed by atoms with Gasteiger partial charge < -0.3 is 25.7 Å². The van der Waals surface area contributed by atoms with E-state index < -0.39 is 0 Å². The Balaban J connectivity index is 1.42. The van der Waals surface area contributed by atoms with E-state index in [1.807, 2.05) is 18.2 Å². The molecule has 6 N–H and O–H groups in total. The number of rotatable bonds is 7. The van der Waals surface area contributed by atoms with Crippen molar-refractivity contribution in [3.63, 3.8) is 0 Å². The van der Waals surface area contributed by atoms with Crippen molar-refractivity contribution < 1.29 is 9.90 Å². The highest BCUT2D eigenvalue weighted by Gasteiger charge is 2.14. The molecule has 2 aromatic carbocycles. The zero-order valence-corrected chi connectivity index (χ0v) is 16.1. The van der Waals surface area contributed by atoms with E-state index in [9.17, 15) is 9.90 Å². The van der Waals surface area contributed by atoms with Gasteiger partial charge in [-0.15, -0.1) is 0 Å². The van der Waals surface area contributed by atoms with Crippen molar-refractivity contribution in [1.29, 1.82) is 5.41 Å². The number of hydrogen-bond acceptors (Lipinski definition) is 5. The molecule has 152 valence electrons. The topological polar surface area (TPSA) is 146 Å². The Morgan fingerprint density at radius 2 is 2.03 bits per heavy atom. The molecule has 0 aliphatic heterocycles. The minimum absolute atomic E-state index is 0.0214. The van der Waals surface area contributed by atoms with Gasteiger partial charge in [-0.2, -0.15) is 0 Å². The van der Waals surface area contributed by atoms with Crippen molar-refractivity contribution >= 4 is 22.8 Å². The fraction of sp³-hybridized carbons (Fsp3) is 0.143. The van der Waals surface area contributed by atoms with Gasteiger partial charge in [0.25, 0.3) is 0 Å². The van der Waals surface area contributed by atoms with Crippen LogP contribution in [-0.4, -0.2) is 42.9 Å². The van der Waals surface area contributed by atoms with Crippen molar-refractivity contribution in [3.05, 3.63) is 66.0 Å². The average Bonchev–Trinajstić information content (AvgIpc) is 3.35. The van der Waals surface area contributed by atoms with Gasteiger partial charge in [0.15, 0.2) is 11.6 Å². The summed E-state index contributed by atoms with van der Waals surface area (Å²) in [6, 6.07) is 12.2. The van der Waals surface area contributed by atoms with Crippen molar-refractivity contribution in [3.8, 4) is 17.4 Å². The van der Waals surface area contributed by atoms with Gasteiger partial charge >= 0.3 is 0 Å². The van der Waals surface area contributed by atoms with E-state index in [1.165, 1.54) is 0 Å². The van der Waals surface area contributed by atoms with Gasteiger partial charge in [-0.3, -0.25) is 10.2 Å². The van der Waals surface area contributed by atoms with Crippen LogP contribution in [0.5, 0.6) is 5.75 Å². The number of nitrogen functional groups attached to an aromatic ring is 1. The average molecular weight is 403 g/mol. The molecule has 0 aliphatic carbocycles. The molecular weight excluding hydrogens is 382 g/mol. The summed E-state index contributed by atoms with van der Waals surface area (Å²) in [4.78, 5) is 24.4. The lowest BCUT2D eigenvalue weighted by molar-refractivity contribution is -0.121. The number of hydrogen-bond donors (Lipinski definition) is 5. The lowest BCUT2D eigenvalue weighted by Crippen LogP contribution is -2.29. The van der Waals surface area contributed by atoms with Crippen LogP contribution in [0.15, 0.2) is 54.9 Å². The first-order valence-electron chi connectivity index (χ1n) is 9.40. The second-order valence-electron chi connectivity index (χ2n) is 6.88. The number of carbonyl (C=O) groups excluding carboxylic acids is 1. The fourth-order valence-corrected chi connectivity index (χ4v) is 3.15. The molecule has 0 saturated heterocycles. The number of phenolic OH excluding ortho intramolecular Hbond substituents is 1. The molecule has 0 aliphatic rings. The lowest BCUT2D eigenvalue weighted by Gasteiger charge is -2.08. The number of benzene rings is 2. The Bertz CT molecular complexity index is 1210. The maximum atomic E-state index is 12.4. The smallest absolute Gasteiger partial charge is 0.240 e. The first kappa shape index (κ1) is 19.2. The maximum Gasteiger partial charge on any atom is 0.240 e. The summed E-state index contributed by atoms with van der Waals surface area (Å²) in [6.07, 6.45) is 4.02. The zero-order valence-electron chi connectivity index (χ0n) is 16.1. The van der Waals surface area contributed by atoms with E-state index in [2.05, 4.69) is 20.3 Å². The summed E-state index contributed by atoms with van der Waals surface area (Å²) in [5.41, 5.74) is 8.63. The molecule has 9 heteroatoms. The van der Waals surface area contributed by atoms with Gasteiger partial charge in [-0.25, -0.2) is 9.97 Å². The minimum atomic E-state index is -0.136. The van der Waals surface area contributed by atoms with Crippen LogP contribution in [0.2, 0.25) is 0 Å². The number of amides is 1. The normalized spacial score (nSPS) is 10.9. The third kappa shape index (κ3) is 4.14. The number of aromatic amines is 1. The molecule has 2 aromatic heterocycles. The van der Waals surface area contributed by atoms with E-state index in [-0.39, 0.29) is 24.0 Å². The Morgan fingerprint density at radius 1 is 1.23 bits per heavy atom. The fourth-order valence-electron chi connectivity index (χ4n) is 3.15. The quantitative estimate of drug-likeness (QED) is 0.236.